The van der Waals surface area contributed by atoms with Crippen LogP contribution < -0.4 is 18.4 Å². The molecule has 0 aliphatic rings. The van der Waals surface area contributed by atoms with Gasteiger partial charge in [0, 0.05) is 0 Å². The van der Waals surface area contributed by atoms with Crippen LogP contribution in [0.3, 0.4) is 0 Å². The quantitative estimate of drug-likeness (QED) is 0.0534. The maximum Gasteiger partial charge on any atom is 0.864 e. The van der Waals surface area contributed by atoms with Gasteiger partial charge >= 0.3 is 7.32 Å². The van der Waals surface area contributed by atoms with Crippen molar-refractivity contribution in [2.45, 2.75) is 19.8 Å². The lowest BCUT2D eigenvalue weighted by Gasteiger charge is -2.29. The lowest BCUT2D eigenvalue weighted by Crippen LogP contribution is -2.41. The number of nitrogens with zero attached hydrogens (tertiary/aromatic N) is 1. The number of rotatable bonds is 10. The van der Waals surface area contributed by atoms with Gasteiger partial charge in [0.2, 0.25) is 87.3 Å². The molecule has 0 amide bonds. The molecule has 0 N–H and O–H groups in total. The molecule has 270 valence electrons. The van der Waals surface area contributed by atoms with E-state index in [1.54, 1.807) is 0 Å². The van der Waals surface area contributed by atoms with E-state index in [0.29, 0.717) is 0 Å². The minimum atomic E-state index is -3.75. The van der Waals surface area contributed by atoms with E-state index in [2.05, 4.69) is 65.3 Å². The fraction of sp³-hybridized carbons (Fsp3) is 0.200. The van der Waals surface area contributed by atoms with E-state index >= 15 is 0 Å². The molecule has 0 heterocycles. The summed E-state index contributed by atoms with van der Waals surface area (Å²) in [6.07, 6.45) is 2.57. The number of unbranched alkanes of at least 4 members (excludes halogenated alkanes) is 1. The third kappa shape index (κ3) is 8.00. The van der Waals surface area contributed by atoms with Crippen molar-refractivity contribution in [2.24, 2.45) is 0 Å². The Balaban J connectivity index is 0.000000436. The van der Waals surface area contributed by atoms with Gasteiger partial charge in [0.25, 0.3) is 0 Å². The molecule has 4 rings (SSSR count). The van der Waals surface area contributed by atoms with Crippen LogP contribution in [0.2, 0.25) is 0 Å². The summed E-state index contributed by atoms with van der Waals surface area (Å²) in [5.41, 5.74) is 1.40. The Hall–Kier alpha value is -4.75. The molecule has 0 radical (unpaired) electrons. The zero-order chi connectivity index (χ0) is 37.8. The predicted octanol–water partition coefficient (Wildman–Crippen LogP) is 9.35. The standard InChI is InChI=1S/C18BF15O3.C12H20N/c20-1-4(23)10(29)16(11(30)5(1)24)35-19(36-17-12(31)6(25)2(21)7(26)13(17)32)37-18-14(33)8(27)3(22)9(28)15(18)34;1-4-5-11-13(2,3)12-9-7-6-8-10-12/h;6-10H,4-5,11H2,1-3H3/q;+1. The fourth-order valence-electron chi connectivity index (χ4n) is 3.94. The van der Waals surface area contributed by atoms with Crippen molar-refractivity contribution < 1.29 is 79.8 Å². The maximum absolute atomic E-state index is 13.9. The van der Waals surface area contributed by atoms with Crippen molar-refractivity contribution in [2.75, 3.05) is 20.6 Å². The summed E-state index contributed by atoms with van der Waals surface area (Å²) in [5.74, 6) is -50.0. The number of halogens is 15. The molecule has 0 atom stereocenters. The summed E-state index contributed by atoms with van der Waals surface area (Å²) < 4.78 is 217. The zero-order valence-corrected chi connectivity index (χ0v) is 25.4. The molecular weight excluding hydrogens is 718 g/mol. The fourth-order valence-corrected chi connectivity index (χ4v) is 3.94. The van der Waals surface area contributed by atoms with Crippen LogP contribution in [0.25, 0.3) is 0 Å². The first-order valence-electron chi connectivity index (χ1n) is 13.7. The lowest BCUT2D eigenvalue weighted by molar-refractivity contribution is 0.247. The molecule has 0 aromatic heterocycles. The summed E-state index contributed by atoms with van der Waals surface area (Å²) in [6.45, 7) is 3.46. The molecule has 0 saturated heterocycles. The molecule has 0 unspecified atom stereocenters. The van der Waals surface area contributed by atoms with E-state index in [0.717, 1.165) is 4.48 Å². The van der Waals surface area contributed by atoms with Crippen molar-refractivity contribution in [1.29, 1.82) is 0 Å². The third-order valence-electron chi connectivity index (χ3n) is 6.68. The Bertz CT molecular complexity index is 1620. The largest absolute Gasteiger partial charge is 0.864 e. The molecule has 4 aromatic carbocycles. The highest BCUT2D eigenvalue weighted by Gasteiger charge is 2.42. The smallest absolute Gasteiger partial charge is 0.484 e. The molecule has 0 fully saturated rings. The molecule has 0 bridgehead atoms. The van der Waals surface area contributed by atoms with Gasteiger partial charge in [-0.15, -0.1) is 0 Å². The third-order valence-corrected chi connectivity index (χ3v) is 6.68. The van der Waals surface area contributed by atoms with Gasteiger partial charge in [-0.3, -0.25) is 4.48 Å². The number of hydrogen-bond acceptors (Lipinski definition) is 3. The average molecular weight is 738 g/mol. The van der Waals surface area contributed by atoms with Crippen molar-refractivity contribution in [3.05, 3.63) is 118 Å². The van der Waals surface area contributed by atoms with E-state index in [1.165, 1.54) is 25.1 Å². The van der Waals surface area contributed by atoms with Crippen LogP contribution in [0.1, 0.15) is 19.8 Å². The topological polar surface area (TPSA) is 27.7 Å². The Morgan fingerprint density at radius 2 is 0.700 bits per heavy atom. The molecule has 0 aliphatic heterocycles. The van der Waals surface area contributed by atoms with Crippen LogP contribution >= 0.6 is 0 Å². The van der Waals surface area contributed by atoms with Gasteiger partial charge in [0.05, 0.1) is 20.6 Å². The van der Waals surface area contributed by atoms with Gasteiger partial charge in [-0.25, -0.2) is 39.5 Å². The van der Waals surface area contributed by atoms with E-state index in [-0.39, 0.29) is 0 Å². The van der Waals surface area contributed by atoms with Gasteiger partial charge < -0.3 is 14.0 Å². The van der Waals surface area contributed by atoms with Crippen LogP contribution in [0.5, 0.6) is 17.2 Å². The van der Waals surface area contributed by atoms with Crippen molar-refractivity contribution in [3.8, 4) is 17.2 Å². The molecular formula is C30H20BF15NO3+. The van der Waals surface area contributed by atoms with Crippen LogP contribution in [0, 0.1) is 87.3 Å². The Morgan fingerprint density at radius 1 is 0.440 bits per heavy atom. The highest BCUT2D eigenvalue weighted by Crippen LogP contribution is 2.35. The minimum Gasteiger partial charge on any atom is -0.484 e. The van der Waals surface area contributed by atoms with Gasteiger partial charge in [-0.2, -0.15) is 26.3 Å². The molecule has 4 aromatic rings. The molecule has 0 spiro atoms. The van der Waals surface area contributed by atoms with Gasteiger partial charge in [-0.05, 0) is 18.6 Å². The molecule has 20 heteroatoms. The highest BCUT2D eigenvalue weighted by atomic mass is 19.2. The Kier molecular flexibility index (Phi) is 12.6. The van der Waals surface area contributed by atoms with E-state index in [1.807, 2.05) is 0 Å². The zero-order valence-electron chi connectivity index (χ0n) is 25.4. The van der Waals surface area contributed by atoms with Crippen LogP contribution in [0.4, 0.5) is 71.5 Å². The van der Waals surface area contributed by atoms with E-state index < -0.39 is 112 Å². The van der Waals surface area contributed by atoms with E-state index in [4.69, 9.17) is 0 Å². The second-order valence-corrected chi connectivity index (χ2v) is 10.4. The Labute approximate surface area is 273 Å². The van der Waals surface area contributed by atoms with Crippen molar-refractivity contribution in [3.63, 3.8) is 0 Å². The monoisotopic (exact) mass is 738 g/mol. The maximum atomic E-state index is 13.9. The highest BCUT2D eigenvalue weighted by molar-refractivity contribution is 6.39. The molecule has 0 aliphatic carbocycles. The van der Waals surface area contributed by atoms with Crippen molar-refractivity contribution in [1.82, 2.24) is 4.48 Å². The Morgan fingerprint density at radius 3 is 0.960 bits per heavy atom. The van der Waals surface area contributed by atoms with Gasteiger partial charge in [-0.1, -0.05) is 31.5 Å². The molecule has 50 heavy (non-hydrogen) atoms. The summed E-state index contributed by atoms with van der Waals surface area (Å²) >= 11 is 0. The summed E-state index contributed by atoms with van der Waals surface area (Å²) in [7, 11) is 0.783. The van der Waals surface area contributed by atoms with Crippen molar-refractivity contribution >= 4 is 13.0 Å². The second-order valence-electron chi connectivity index (χ2n) is 10.4. The first-order chi connectivity index (χ1) is 23.3. The van der Waals surface area contributed by atoms with Crippen LogP contribution in [-0.4, -0.2) is 28.0 Å². The normalized spacial score (nSPS) is 11.2. The summed E-state index contributed by atoms with van der Waals surface area (Å²) in [5, 5.41) is 0. The minimum absolute atomic E-state index is 0.995. The van der Waals surface area contributed by atoms with Crippen LogP contribution in [-0.2, 0) is 0 Å². The molecule has 0 saturated carbocycles. The number of quaternary nitrogens is 1. The number of benzene rings is 4. The summed E-state index contributed by atoms with van der Waals surface area (Å²) in [4.78, 5) is 0. The number of hydrogen-bond donors (Lipinski definition) is 0. The lowest BCUT2D eigenvalue weighted by atomic mass is 10.1. The van der Waals surface area contributed by atoms with E-state index in [9.17, 15) is 65.9 Å². The predicted molar refractivity (Wildman–Crippen MR) is 146 cm³/mol. The molecule has 4 nitrogen and oxygen atoms in total. The average Bonchev–Trinajstić information content (AvgIpc) is 3.11. The SMILES string of the molecule is CCCC[N+](C)(C)c1ccccc1.Fc1c(F)c(F)c(OB(Oc2c(F)c(F)c(F)c(F)c2F)Oc2c(F)c(F)c(F)c(F)c2F)c(F)c1F. The van der Waals surface area contributed by atoms with Gasteiger partial charge in [0.1, 0.15) is 5.69 Å². The number of para-hydroxylation sites is 1. The second kappa shape index (κ2) is 15.9. The first-order valence-corrected chi connectivity index (χ1v) is 13.7. The van der Waals surface area contributed by atoms with Crippen LogP contribution in [0.15, 0.2) is 30.3 Å². The van der Waals surface area contributed by atoms with Gasteiger partial charge in [0.15, 0.2) is 17.2 Å². The first kappa shape index (κ1) is 39.7. The summed E-state index contributed by atoms with van der Waals surface area (Å²) in [6, 6.07) is 10.7.